The number of aromatic hydroxyl groups is 1. The van der Waals surface area contributed by atoms with Gasteiger partial charge >= 0.3 is 0 Å². The summed E-state index contributed by atoms with van der Waals surface area (Å²) >= 11 is 0. The number of aromatic nitrogens is 2. The molecule has 0 spiro atoms. The number of nitrogens with zero attached hydrogens (tertiary/aromatic N) is 2. The van der Waals surface area contributed by atoms with Crippen molar-refractivity contribution in [3.05, 3.63) is 47.5 Å². The minimum atomic E-state index is 0.275. The first-order valence-corrected chi connectivity index (χ1v) is 6.87. The van der Waals surface area contributed by atoms with Crippen molar-refractivity contribution < 1.29 is 5.11 Å². The molecule has 0 fully saturated rings. The molecule has 3 nitrogen and oxygen atoms in total. The molecule has 3 rings (SSSR count). The molecule has 0 bridgehead atoms. The number of benzene rings is 2. The molecule has 2 aromatic carbocycles. The van der Waals surface area contributed by atoms with E-state index >= 15 is 0 Å². The van der Waals surface area contributed by atoms with Crippen LogP contribution >= 0.6 is 0 Å². The third-order valence-corrected chi connectivity index (χ3v) is 3.61. The summed E-state index contributed by atoms with van der Waals surface area (Å²) in [6.45, 7) is 7.00. The summed E-state index contributed by atoms with van der Waals surface area (Å²) in [5, 5.41) is 10.1. The van der Waals surface area contributed by atoms with E-state index in [1.807, 2.05) is 19.1 Å². The average molecular weight is 266 g/mol. The molecular formula is C17H18N2O. The van der Waals surface area contributed by atoms with Crippen LogP contribution < -0.4 is 0 Å². The Kier molecular flexibility index (Phi) is 2.97. The highest BCUT2D eigenvalue weighted by molar-refractivity contribution is 5.82. The Morgan fingerprint density at radius 1 is 1.05 bits per heavy atom. The van der Waals surface area contributed by atoms with Gasteiger partial charge in [0.05, 0.1) is 16.6 Å². The van der Waals surface area contributed by atoms with E-state index in [1.54, 1.807) is 6.07 Å². The molecule has 0 saturated carbocycles. The van der Waals surface area contributed by atoms with Gasteiger partial charge in [0.25, 0.3) is 0 Å². The fraction of sp³-hybridized carbons (Fsp3) is 0.235. The van der Waals surface area contributed by atoms with Gasteiger partial charge in [0, 0.05) is 6.54 Å². The predicted molar refractivity (Wildman–Crippen MR) is 82.0 cm³/mol. The highest BCUT2D eigenvalue weighted by Crippen LogP contribution is 2.32. The van der Waals surface area contributed by atoms with Crippen molar-refractivity contribution in [3.8, 4) is 17.1 Å². The van der Waals surface area contributed by atoms with Gasteiger partial charge in [0.1, 0.15) is 11.6 Å². The molecule has 20 heavy (non-hydrogen) atoms. The van der Waals surface area contributed by atoms with E-state index in [2.05, 4.69) is 36.6 Å². The minimum Gasteiger partial charge on any atom is -0.507 e. The van der Waals surface area contributed by atoms with Crippen LogP contribution in [-0.4, -0.2) is 14.7 Å². The van der Waals surface area contributed by atoms with Gasteiger partial charge in [0.2, 0.25) is 0 Å². The standard InChI is InChI=1S/C17H18N2O/c1-4-19-15-7-5-12(3)10-14(15)18-17(19)13-9-11(2)6-8-16(13)20/h5-10,20H,4H2,1-3H3. The Morgan fingerprint density at radius 3 is 2.50 bits per heavy atom. The molecule has 0 saturated heterocycles. The smallest absolute Gasteiger partial charge is 0.144 e. The first kappa shape index (κ1) is 12.7. The third-order valence-electron chi connectivity index (χ3n) is 3.61. The van der Waals surface area contributed by atoms with Gasteiger partial charge in [-0.2, -0.15) is 0 Å². The molecule has 0 aliphatic heterocycles. The van der Waals surface area contributed by atoms with Crippen molar-refractivity contribution in [3.63, 3.8) is 0 Å². The van der Waals surface area contributed by atoms with Gasteiger partial charge in [-0.1, -0.05) is 17.7 Å². The Hall–Kier alpha value is -2.29. The lowest BCUT2D eigenvalue weighted by atomic mass is 10.1. The lowest BCUT2D eigenvalue weighted by Crippen LogP contribution is -1.98. The molecule has 102 valence electrons. The highest BCUT2D eigenvalue weighted by Gasteiger charge is 2.14. The summed E-state index contributed by atoms with van der Waals surface area (Å²) in [5.41, 5.74) is 5.18. The Morgan fingerprint density at radius 2 is 1.75 bits per heavy atom. The molecule has 1 aromatic heterocycles. The van der Waals surface area contributed by atoms with Crippen LogP contribution in [0.3, 0.4) is 0 Å². The number of phenolic OH excluding ortho intramolecular Hbond substituents is 1. The summed E-state index contributed by atoms with van der Waals surface area (Å²) in [7, 11) is 0. The molecule has 3 aromatic rings. The normalized spacial score (nSPS) is 11.2. The van der Waals surface area contributed by atoms with Crippen molar-refractivity contribution >= 4 is 11.0 Å². The number of fused-ring (bicyclic) bond motifs is 1. The summed E-state index contributed by atoms with van der Waals surface area (Å²) < 4.78 is 2.14. The van der Waals surface area contributed by atoms with Gasteiger partial charge in [-0.05, 0) is 50.6 Å². The summed E-state index contributed by atoms with van der Waals surface area (Å²) in [6, 6.07) is 11.9. The van der Waals surface area contributed by atoms with Crippen LogP contribution in [0.5, 0.6) is 5.75 Å². The summed E-state index contributed by atoms with van der Waals surface area (Å²) in [5.74, 6) is 1.10. The van der Waals surface area contributed by atoms with Crippen molar-refractivity contribution in [1.82, 2.24) is 9.55 Å². The maximum atomic E-state index is 10.1. The van der Waals surface area contributed by atoms with E-state index in [0.717, 1.165) is 34.5 Å². The Bertz CT molecular complexity index is 787. The minimum absolute atomic E-state index is 0.275. The molecule has 3 heteroatoms. The summed E-state index contributed by atoms with van der Waals surface area (Å²) in [4.78, 5) is 4.72. The number of phenols is 1. The number of hydrogen-bond acceptors (Lipinski definition) is 2. The SMILES string of the molecule is CCn1c(-c2cc(C)ccc2O)nc2cc(C)ccc21. The molecule has 1 N–H and O–H groups in total. The second-order valence-corrected chi connectivity index (χ2v) is 5.19. The monoisotopic (exact) mass is 266 g/mol. The van der Waals surface area contributed by atoms with Crippen LogP contribution in [0.25, 0.3) is 22.4 Å². The highest BCUT2D eigenvalue weighted by atomic mass is 16.3. The van der Waals surface area contributed by atoms with Crippen molar-refractivity contribution in [2.24, 2.45) is 0 Å². The quantitative estimate of drug-likeness (QED) is 0.760. The third kappa shape index (κ3) is 1.95. The largest absolute Gasteiger partial charge is 0.507 e. The molecule has 0 amide bonds. The first-order chi connectivity index (χ1) is 9.60. The fourth-order valence-electron chi connectivity index (χ4n) is 2.59. The van der Waals surface area contributed by atoms with Crippen LogP contribution in [0.15, 0.2) is 36.4 Å². The van der Waals surface area contributed by atoms with E-state index in [4.69, 9.17) is 4.98 Å². The molecule has 0 unspecified atom stereocenters. The molecule has 0 aliphatic carbocycles. The zero-order valence-electron chi connectivity index (χ0n) is 12.0. The van der Waals surface area contributed by atoms with Gasteiger partial charge in [-0.15, -0.1) is 0 Å². The van der Waals surface area contributed by atoms with Crippen LogP contribution in [0.4, 0.5) is 0 Å². The predicted octanol–water partition coefficient (Wildman–Crippen LogP) is 4.05. The second-order valence-electron chi connectivity index (χ2n) is 5.19. The lowest BCUT2D eigenvalue weighted by molar-refractivity contribution is 0.476. The van der Waals surface area contributed by atoms with Crippen molar-refractivity contribution in [2.75, 3.05) is 0 Å². The van der Waals surface area contributed by atoms with Crippen LogP contribution in [0.1, 0.15) is 18.1 Å². The molecule has 0 radical (unpaired) electrons. The van der Waals surface area contributed by atoms with Gasteiger partial charge in [-0.3, -0.25) is 0 Å². The van der Waals surface area contributed by atoms with Gasteiger partial charge < -0.3 is 9.67 Å². The number of hydrogen-bond donors (Lipinski definition) is 1. The first-order valence-electron chi connectivity index (χ1n) is 6.87. The molecule has 1 heterocycles. The van der Waals surface area contributed by atoms with Gasteiger partial charge in [-0.25, -0.2) is 4.98 Å². The van der Waals surface area contributed by atoms with Crippen LogP contribution in [0.2, 0.25) is 0 Å². The zero-order chi connectivity index (χ0) is 14.3. The molecular weight excluding hydrogens is 248 g/mol. The number of imidazole rings is 1. The van der Waals surface area contributed by atoms with E-state index in [0.29, 0.717) is 0 Å². The maximum absolute atomic E-state index is 10.1. The van der Waals surface area contributed by atoms with Gasteiger partial charge in [0.15, 0.2) is 0 Å². The van der Waals surface area contributed by atoms with E-state index in [9.17, 15) is 5.11 Å². The molecule has 0 aliphatic rings. The van der Waals surface area contributed by atoms with E-state index < -0.39 is 0 Å². The van der Waals surface area contributed by atoms with E-state index in [-0.39, 0.29) is 5.75 Å². The van der Waals surface area contributed by atoms with Crippen molar-refractivity contribution in [1.29, 1.82) is 0 Å². The van der Waals surface area contributed by atoms with E-state index in [1.165, 1.54) is 5.56 Å². The fourth-order valence-corrected chi connectivity index (χ4v) is 2.59. The molecule has 0 atom stereocenters. The second kappa shape index (κ2) is 4.67. The lowest BCUT2D eigenvalue weighted by Gasteiger charge is -2.08. The number of rotatable bonds is 2. The number of aryl methyl sites for hydroxylation is 3. The topological polar surface area (TPSA) is 38.0 Å². The maximum Gasteiger partial charge on any atom is 0.144 e. The Labute approximate surface area is 118 Å². The Balaban J connectivity index is 2.32. The van der Waals surface area contributed by atoms with Crippen molar-refractivity contribution in [2.45, 2.75) is 27.3 Å². The zero-order valence-corrected chi connectivity index (χ0v) is 12.0. The summed E-state index contributed by atoms with van der Waals surface area (Å²) in [6.07, 6.45) is 0. The van der Waals surface area contributed by atoms with Crippen LogP contribution in [-0.2, 0) is 6.54 Å². The van der Waals surface area contributed by atoms with Crippen LogP contribution in [0, 0.1) is 13.8 Å². The average Bonchev–Trinajstić information content (AvgIpc) is 2.78.